The smallest absolute Gasteiger partial charge is 0.338 e. The highest BCUT2D eigenvalue weighted by Gasteiger charge is 2.43. The Bertz CT molecular complexity index is 1360. The Balaban J connectivity index is 1.96. The molecule has 0 spiro atoms. The van der Waals surface area contributed by atoms with Crippen LogP contribution >= 0.6 is 7.60 Å². The summed E-state index contributed by atoms with van der Waals surface area (Å²) in [7, 11) is -1.86. The maximum atomic E-state index is 13.4. The summed E-state index contributed by atoms with van der Waals surface area (Å²) >= 11 is 0. The molecule has 0 radical (unpaired) electrons. The lowest BCUT2D eigenvalue weighted by Crippen LogP contribution is -2.50. The molecule has 0 aromatic heterocycles. The van der Waals surface area contributed by atoms with Crippen molar-refractivity contribution in [3.05, 3.63) is 108 Å². The van der Waals surface area contributed by atoms with Gasteiger partial charge in [-0.2, -0.15) is 0 Å². The van der Waals surface area contributed by atoms with E-state index in [1.165, 1.54) is 36.4 Å². The predicted molar refractivity (Wildman–Crippen MR) is 146 cm³/mol. The first-order valence-corrected chi connectivity index (χ1v) is 14.1. The molecule has 0 aliphatic carbocycles. The van der Waals surface area contributed by atoms with Crippen LogP contribution in [-0.4, -0.2) is 74.1 Å². The van der Waals surface area contributed by atoms with E-state index in [0.717, 1.165) is 14.2 Å². The fourth-order valence-corrected chi connectivity index (χ4v) is 4.55. The highest BCUT2D eigenvalue weighted by Crippen LogP contribution is 2.46. The third kappa shape index (κ3) is 8.92. The van der Waals surface area contributed by atoms with Gasteiger partial charge in [0.2, 0.25) is 0 Å². The monoisotopic (exact) mass is 584 g/mol. The van der Waals surface area contributed by atoms with Gasteiger partial charge in [-0.15, -0.1) is 0 Å². The van der Waals surface area contributed by atoms with Crippen molar-refractivity contribution in [1.29, 1.82) is 0 Å². The summed E-state index contributed by atoms with van der Waals surface area (Å²) in [6.45, 7) is -0.751. The highest BCUT2D eigenvalue weighted by molar-refractivity contribution is 7.54. The minimum atomic E-state index is -3.99. The van der Waals surface area contributed by atoms with Crippen LogP contribution in [0.15, 0.2) is 91.0 Å². The fraction of sp³-hybridized carbons (Fsp3) is 0.241. The van der Waals surface area contributed by atoms with Crippen LogP contribution in [0.5, 0.6) is 0 Å². The summed E-state index contributed by atoms with van der Waals surface area (Å²) in [5, 5.41) is 11.1. The van der Waals surface area contributed by atoms with Gasteiger partial charge in [0, 0.05) is 14.2 Å². The number of esters is 3. The third-order valence-electron chi connectivity index (χ3n) is 5.79. The van der Waals surface area contributed by atoms with E-state index < -0.39 is 62.4 Å². The van der Waals surface area contributed by atoms with E-state index in [1.54, 1.807) is 54.6 Å². The summed E-state index contributed by atoms with van der Waals surface area (Å²) < 4.78 is 38.6. The van der Waals surface area contributed by atoms with Crippen molar-refractivity contribution in [2.75, 3.05) is 27.0 Å². The lowest BCUT2D eigenvalue weighted by Gasteiger charge is -2.30. The number of rotatable bonds is 14. The molecule has 0 amide bonds. The molecule has 3 atom stereocenters. The molecule has 216 valence electrons. The van der Waals surface area contributed by atoms with Gasteiger partial charge in [-0.1, -0.05) is 54.6 Å². The maximum absolute atomic E-state index is 13.4. The van der Waals surface area contributed by atoms with Gasteiger partial charge in [-0.05, 0) is 36.4 Å². The van der Waals surface area contributed by atoms with Gasteiger partial charge in [-0.3, -0.25) is 9.36 Å². The van der Waals surface area contributed by atoms with Crippen molar-refractivity contribution in [3.63, 3.8) is 0 Å². The van der Waals surface area contributed by atoms with Gasteiger partial charge in [0.1, 0.15) is 18.9 Å². The minimum absolute atomic E-state index is 0.0464. The zero-order valence-electron chi connectivity index (χ0n) is 22.3. The third-order valence-corrected chi connectivity index (χ3v) is 7.60. The largest absolute Gasteiger partial charge is 0.459 e. The number of aliphatic hydroxyl groups is 1. The second-order valence-electron chi connectivity index (χ2n) is 8.56. The molecule has 1 N–H and O–H groups in total. The van der Waals surface area contributed by atoms with E-state index in [1.807, 2.05) is 0 Å². The Kier molecular flexibility index (Phi) is 11.5. The summed E-state index contributed by atoms with van der Waals surface area (Å²) in [5.74, 6) is -3.81. The van der Waals surface area contributed by atoms with Gasteiger partial charge in [0.15, 0.2) is 18.0 Å². The second kappa shape index (κ2) is 15.0. The van der Waals surface area contributed by atoms with Crippen molar-refractivity contribution in [3.8, 4) is 0 Å². The zero-order chi connectivity index (χ0) is 29.8. The lowest BCUT2D eigenvalue weighted by atomic mass is 10.0. The number of Topliss-reactive ketones (excluding diaryl/α,β-unsaturated/α-hetero) is 1. The molecule has 0 fully saturated rings. The van der Waals surface area contributed by atoms with Gasteiger partial charge in [-0.25, -0.2) is 14.4 Å². The van der Waals surface area contributed by atoms with Gasteiger partial charge in [0.05, 0.1) is 16.7 Å². The average molecular weight is 585 g/mol. The van der Waals surface area contributed by atoms with Crippen molar-refractivity contribution in [1.82, 2.24) is 0 Å². The number of carbonyl (C=O) groups is 4. The normalized spacial score (nSPS) is 13.3. The standard InChI is InChI=1S/C29H29O11P/c1-36-41(35,37-2)19-24(31)26(40-29(34)22-16-10-5-11-17-22)25(39-28(33)21-14-8-4-9-15-21)23(30)18-38-27(32)20-12-6-3-7-13-20/h3-17,23,25-26,30H,18-19H2,1-2H3/t23-,25-,26?/m0/s1. The first-order chi connectivity index (χ1) is 19.7. The first kappa shape index (κ1) is 31.4. The number of ether oxygens (including phenoxy) is 3. The van der Waals surface area contributed by atoms with Crippen LogP contribution in [0.1, 0.15) is 31.1 Å². The Labute approximate surface area is 236 Å². The van der Waals surface area contributed by atoms with E-state index in [2.05, 4.69) is 0 Å². The van der Waals surface area contributed by atoms with E-state index >= 15 is 0 Å². The molecule has 0 aliphatic rings. The fourth-order valence-electron chi connectivity index (χ4n) is 3.58. The molecule has 0 heterocycles. The molecule has 0 saturated carbocycles. The van der Waals surface area contributed by atoms with Crippen molar-refractivity contribution >= 4 is 31.3 Å². The summed E-state index contributed by atoms with van der Waals surface area (Å²) in [6.07, 6.45) is -6.65. The number of carbonyl (C=O) groups excluding carboxylic acids is 4. The minimum Gasteiger partial charge on any atom is -0.459 e. The second-order valence-corrected chi connectivity index (χ2v) is 10.8. The summed E-state index contributed by atoms with van der Waals surface area (Å²) in [4.78, 5) is 51.9. The molecular formula is C29H29O11P. The van der Waals surface area contributed by atoms with E-state index in [0.29, 0.717) is 0 Å². The van der Waals surface area contributed by atoms with Crippen molar-refractivity contribution in [2.45, 2.75) is 18.3 Å². The average Bonchev–Trinajstić information content (AvgIpc) is 3.02. The van der Waals surface area contributed by atoms with Crippen molar-refractivity contribution < 1.29 is 52.1 Å². The molecule has 3 rings (SSSR count). The number of hydrogen-bond acceptors (Lipinski definition) is 11. The topological polar surface area (TPSA) is 152 Å². The van der Waals surface area contributed by atoms with Gasteiger partial charge < -0.3 is 28.4 Å². The first-order valence-electron chi connectivity index (χ1n) is 12.3. The van der Waals surface area contributed by atoms with Crippen LogP contribution in [0.25, 0.3) is 0 Å². The number of ketones is 1. The molecular weight excluding hydrogens is 555 g/mol. The zero-order valence-corrected chi connectivity index (χ0v) is 23.2. The van der Waals surface area contributed by atoms with Crippen LogP contribution in [0.3, 0.4) is 0 Å². The molecule has 0 aliphatic heterocycles. The summed E-state index contributed by atoms with van der Waals surface area (Å²) in [6, 6.07) is 23.1. The maximum Gasteiger partial charge on any atom is 0.338 e. The number of hydrogen-bond donors (Lipinski definition) is 1. The van der Waals surface area contributed by atoms with Crippen molar-refractivity contribution in [2.24, 2.45) is 0 Å². The lowest BCUT2D eigenvalue weighted by molar-refractivity contribution is -0.140. The van der Waals surface area contributed by atoms with Crippen LogP contribution in [-0.2, 0) is 32.6 Å². The molecule has 41 heavy (non-hydrogen) atoms. The summed E-state index contributed by atoms with van der Waals surface area (Å²) in [5.41, 5.74) is 0.290. The molecule has 3 aromatic rings. The van der Waals surface area contributed by atoms with Crippen LogP contribution in [0.4, 0.5) is 0 Å². The Hall–Kier alpha value is -4.15. The number of aliphatic hydroxyl groups excluding tert-OH is 1. The molecule has 0 saturated heterocycles. The molecule has 0 bridgehead atoms. The SMILES string of the molecule is COP(=O)(CC(=O)C(OC(=O)c1ccccc1)[C@@H](OC(=O)c1ccccc1)[C@@H](O)COC(=O)c1ccccc1)OC. The molecule has 11 nitrogen and oxygen atoms in total. The quantitative estimate of drug-likeness (QED) is 0.168. The van der Waals surface area contributed by atoms with Crippen LogP contribution in [0, 0.1) is 0 Å². The van der Waals surface area contributed by atoms with E-state index in [9.17, 15) is 28.8 Å². The predicted octanol–water partition coefficient (Wildman–Crippen LogP) is 3.71. The van der Waals surface area contributed by atoms with E-state index in [4.69, 9.17) is 23.3 Å². The van der Waals surface area contributed by atoms with Crippen LogP contribution < -0.4 is 0 Å². The van der Waals surface area contributed by atoms with E-state index in [-0.39, 0.29) is 16.7 Å². The molecule has 1 unspecified atom stereocenters. The Morgan fingerprint density at radius 1 is 0.683 bits per heavy atom. The van der Waals surface area contributed by atoms with Gasteiger partial charge in [0.25, 0.3) is 0 Å². The molecule has 12 heteroatoms. The Morgan fingerprint density at radius 3 is 1.54 bits per heavy atom. The highest BCUT2D eigenvalue weighted by atomic mass is 31.2. The van der Waals surface area contributed by atoms with Gasteiger partial charge >= 0.3 is 25.5 Å². The van der Waals surface area contributed by atoms with Crippen LogP contribution in [0.2, 0.25) is 0 Å². The molecule has 3 aromatic carbocycles. The number of benzene rings is 3. The Morgan fingerprint density at radius 2 is 1.10 bits per heavy atom.